The predicted octanol–water partition coefficient (Wildman–Crippen LogP) is 2.93. The second-order valence-electron chi connectivity index (χ2n) is 5.35. The fraction of sp³-hybridized carbons (Fsp3) is 0.625. The molecule has 1 aromatic carbocycles. The van der Waals surface area contributed by atoms with Crippen LogP contribution in [0, 0.1) is 0 Å². The molecule has 118 valence electrons. The SMILES string of the molecule is CCN(CCNCc1cc(Cl)c(OC)c(OC)c1)C1CC1. The van der Waals surface area contributed by atoms with Crippen molar-refractivity contribution < 1.29 is 9.47 Å². The summed E-state index contributed by atoms with van der Waals surface area (Å²) >= 11 is 6.21. The molecule has 1 N–H and O–H groups in total. The van der Waals surface area contributed by atoms with Crippen LogP contribution < -0.4 is 14.8 Å². The fourth-order valence-corrected chi connectivity index (χ4v) is 2.88. The molecule has 0 aromatic heterocycles. The van der Waals surface area contributed by atoms with Crippen molar-refractivity contribution in [2.45, 2.75) is 32.4 Å². The van der Waals surface area contributed by atoms with E-state index in [1.807, 2.05) is 12.1 Å². The molecule has 1 saturated carbocycles. The quantitative estimate of drug-likeness (QED) is 0.711. The highest BCUT2D eigenvalue weighted by Gasteiger charge is 2.26. The lowest BCUT2D eigenvalue weighted by Crippen LogP contribution is -2.33. The van der Waals surface area contributed by atoms with E-state index in [1.165, 1.54) is 12.8 Å². The first-order valence-electron chi connectivity index (χ1n) is 7.54. The zero-order valence-electron chi connectivity index (χ0n) is 13.1. The Balaban J connectivity index is 1.83. The molecule has 0 aliphatic heterocycles. The van der Waals surface area contributed by atoms with Crippen LogP contribution in [0.4, 0.5) is 0 Å². The highest BCUT2D eigenvalue weighted by Crippen LogP contribution is 2.35. The summed E-state index contributed by atoms with van der Waals surface area (Å²) in [4.78, 5) is 2.54. The standard InChI is InChI=1S/C16H25ClN2O2/c1-4-19(13-5-6-13)8-7-18-11-12-9-14(17)16(21-3)15(10-12)20-2/h9-10,13,18H,4-8,11H2,1-3H3. The van der Waals surface area contributed by atoms with Crippen molar-refractivity contribution in [2.75, 3.05) is 33.9 Å². The summed E-state index contributed by atoms with van der Waals surface area (Å²) in [7, 11) is 3.22. The highest BCUT2D eigenvalue weighted by atomic mass is 35.5. The zero-order valence-corrected chi connectivity index (χ0v) is 13.9. The Hall–Kier alpha value is -0.970. The molecular weight excluding hydrogens is 288 g/mol. The van der Waals surface area contributed by atoms with Gasteiger partial charge in [0.1, 0.15) is 0 Å². The van der Waals surface area contributed by atoms with Crippen molar-refractivity contribution in [2.24, 2.45) is 0 Å². The van der Waals surface area contributed by atoms with Gasteiger partial charge in [0.05, 0.1) is 19.2 Å². The van der Waals surface area contributed by atoms with E-state index in [-0.39, 0.29) is 0 Å². The lowest BCUT2D eigenvalue weighted by atomic mass is 10.2. The molecule has 0 spiro atoms. The highest BCUT2D eigenvalue weighted by molar-refractivity contribution is 6.32. The molecule has 1 fully saturated rings. The average molecular weight is 313 g/mol. The molecule has 4 nitrogen and oxygen atoms in total. The van der Waals surface area contributed by atoms with Gasteiger partial charge >= 0.3 is 0 Å². The summed E-state index contributed by atoms with van der Waals surface area (Å²) in [5, 5.41) is 4.05. The van der Waals surface area contributed by atoms with Crippen LogP contribution in [0.5, 0.6) is 11.5 Å². The Kier molecular flexibility index (Phi) is 6.15. The van der Waals surface area contributed by atoms with Gasteiger partial charge in [0, 0.05) is 25.7 Å². The molecule has 5 heteroatoms. The van der Waals surface area contributed by atoms with Crippen LogP contribution in [0.2, 0.25) is 5.02 Å². The topological polar surface area (TPSA) is 33.7 Å². The Morgan fingerprint density at radius 2 is 2.05 bits per heavy atom. The third-order valence-electron chi connectivity index (χ3n) is 3.87. The van der Waals surface area contributed by atoms with Gasteiger partial charge in [-0.2, -0.15) is 0 Å². The second kappa shape index (κ2) is 7.87. The maximum Gasteiger partial charge on any atom is 0.179 e. The molecular formula is C16H25ClN2O2. The fourth-order valence-electron chi connectivity index (χ4n) is 2.57. The number of ether oxygens (including phenoxy) is 2. The van der Waals surface area contributed by atoms with Gasteiger partial charge in [0.2, 0.25) is 0 Å². The zero-order chi connectivity index (χ0) is 15.2. The van der Waals surface area contributed by atoms with Crippen molar-refractivity contribution >= 4 is 11.6 Å². The molecule has 0 heterocycles. The van der Waals surface area contributed by atoms with Crippen LogP contribution >= 0.6 is 11.6 Å². The number of nitrogens with one attached hydrogen (secondary N) is 1. The van der Waals surface area contributed by atoms with Gasteiger partial charge in [-0.25, -0.2) is 0 Å². The Bertz CT molecular complexity index is 464. The molecule has 1 aromatic rings. The van der Waals surface area contributed by atoms with E-state index >= 15 is 0 Å². The summed E-state index contributed by atoms with van der Waals surface area (Å²) < 4.78 is 10.6. The van der Waals surface area contributed by atoms with Crippen LogP contribution in [0.3, 0.4) is 0 Å². The Morgan fingerprint density at radius 1 is 1.29 bits per heavy atom. The molecule has 0 radical (unpaired) electrons. The number of hydrogen-bond acceptors (Lipinski definition) is 4. The third kappa shape index (κ3) is 4.50. The van der Waals surface area contributed by atoms with Crippen molar-refractivity contribution in [1.82, 2.24) is 10.2 Å². The summed E-state index contributed by atoms with van der Waals surface area (Å²) in [6, 6.07) is 4.72. The Labute approximate surface area is 132 Å². The second-order valence-corrected chi connectivity index (χ2v) is 5.76. The van der Waals surface area contributed by atoms with Crippen LogP contribution in [0.15, 0.2) is 12.1 Å². The van der Waals surface area contributed by atoms with Gasteiger partial charge in [-0.3, -0.25) is 4.90 Å². The molecule has 0 atom stereocenters. The third-order valence-corrected chi connectivity index (χ3v) is 4.15. The van der Waals surface area contributed by atoms with E-state index in [0.29, 0.717) is 16.5 Å². The van der Waals surface area contributed by atoms with Crippen LogP contribution in [-0.2, 0) is 6.54 Å². The molecule has 1 aliphatic carbocycles. The molecule has 21 heavy (non-hydrogen) atoms. The molecule has 0 bridgehead atoms. The lowest BCUT2D eigenvalue weighted by molar-refractivity contribution is 0.277. The van der Waals surface area contributed by atoms with Gasteiger partial charge in [-0.1, -0.05) is 18.5 Å². The minimum absolute atomic E-state index is 0.585. The monoisotopic (exact) mass is 312 g/mol. The van der Waals surface area contributed by atoms with Crippen molar-refractivity contribution in [1.29, 1.82) is 0 Å². The first-order valence-corrected chi connectivity index (χ1v) is 7.92. The molecule has 0 amide bonds. The van der Waals surface area contributed by atoms with Gasteiger partial charge in [-0.05, 0) is 37.1 Å². The number of likely N-dealkylation sites (N-methyl/N-ethyl adjacent to an activating group) is 1. The number of rotatable bonds is 9. The van der Waals surface area contributed by atoms with E-state index in [1.54, 1.807) is 14.2 Å². The number of hydrogen-bond donors (Lipinski definition) is 1. The average Bonchev–Trinajstić information content (AvgIpc) is 3.31. The summed E-state index contributed by atoms with van der Waals surface area (Å²) in [6.07, 6.45) is 2.72. The Morgan fingerprint density at radius 3 is 2.62 bits per heavy atom. The predicted molar refractivity (Wildman–Crippen MR) is 86.5 cm³/mol. The number of benzene rings is 1. The van der Waals surface area contributed by atoms with Gasteiger partial charge < -0.3 is 14.8 Å². The lowest BCUT2D eigenvalue weighted by Gasteiger charge is -2.20. The maximum atomic E-state index is 6.21. The van der Waals surface area contributed by atoms with E-state index in [9.17, 15) is 0 Å². The van der Waals surface area contributed by atoms with Crippen molar-refractivity contribution in [3.8, 4) is 11.5 Å². The van der Waals surface area contributed by atoms with E-state index in [2.05, 4.69) is 17.1 Å². The summed E-state index contributed by atoms with van der Waals surface area (Å²) in [5.41, 5.74) is 1.10. The van der Waals surface area contributed by atoms with Crippen LogP contribution in [0.25, 0.3) is 0 Å². The van der Waals surface area contributed by atoms with Crippen LogP contribution in [0.1, 0.15) is 25.3 Å². The molecule has 0 unspecified atom stereocenters. The first-order chi connectivity index (χ1) is 10.2. The van der Waals surface area contributed by atoms with Crippen molar-refractivity contribution in [3.63, 3.8) is 0 Å². The molecule has 0 saturated heterocycles. The van der Waals surface area contributed by atoms with Gasteiger partial charge in [-0.15, -0.1) is 0 Å². The summed E-state index contributed by atoms with van der Waals surface area (Å²) in [5.74, 6) is 1.27. The van der Waals surface area contributed by atoms with E-state index < -0.39 is 0 Å². The van der Waals surface area contributed by atoms with Gasteiger partial charge in [0.25, 0.3) is 0 Å². The largest absolute Gasteiger partial charge is 0.493 e. The van der Waals surface area contributed by atoms with E-state index in [0.717, 1.165) is 37.8 Å². The van der Waals surface area contributed by atoms with Gasteiger partial charge in [0.15, 0.2) is 11.5 Å². The minimum Gasteiger partial charge on any atom is -0.493 e. The normalized spacial score (nSPS) is 14.5. The maximum absolute atomic E-state index is 6.21. The smallest absolute Gasteiger partial charge is 0.179 e. The van der Waals surface area contributed by atoms with E-state index in [4.69, 9.17) is 21.1 Å². The van der Waals surface area contributed by atoms with Crippen molar-refractivity contribution in [3.05, 3.63) is 22.7 Å². The molecule has 1 aliphatic rings. The molecule has 2 rings (SSSR count). The number of methoxy groups -OCH3 is 2. The summed E-state index contributed by atoms with van der Waals surface area (Å²) in [6.45, 7) is 6.22. The minimum atomic E-state index is 0.585. The first kappa shape index (κ1) is 16.4. The number of nitrogens with zero attached hydrogens (tertiary/aromatic N) is 1. The number of halogens is 1. The van der Waals surface area contributed by atoms with Crippen LogP contribution in [-0.4, -0.2) is 44.8 Å².